The Kier molecular flexibility index (Phi) is 5.26. The van der Waals surface area contributed by atoms with Gasteiger partial charge in [0.2, 0.25) is 0 Å². The molecule has 0 radical (unpaired) electrons. The van der Waals surface area contributed by atoms with Gasteiger partial charge in [0.15, 0.2) is 0 Å². The lowest BCUT2D eigenvalue weighted by molar-refractivity contribution is 0.0598. The van der Waals surface area contributed by atoms with E-state index in [4.69, 9.17) is 15.2 Å². The van der Waals surface area contributed by atoms with Crippen LogP contribution in [-0.4, -0.2) is 29.8 Å². The third-order valence-electron chi connectivity index (χ3n) is 3.10. The Labute approximate surface area is 146 Å². The molecule has 0 aliphatic carbocycles. The summed E-state index contributed by atoms with van der Waals surface area (Å²) in [7, 11) is 1.31. The number of anilines is 2. The fourth-order valence-electron chi connectivity index (χ4n) is 2.14. The summed E-state index contributed by atoms with van der Waals surface area (Å²) in [4.78, 5) is 27.7. The number of amides is 1. The highest BCUT2D eigenvalue weighted by Crippen LogP contribution is 2.25. The molecule has 0 saturated heterocycles. The number of nitrogens with zero attached hydrogens (tertiary/aromatic N) is 1. The number of nitrogens with two attached hydrogens (primary N) is 1. The standard InChI is InChI=1S/C18H21N3O4/c1-18(2,3)25-17(23)21-15-10-11(5-6-20-15)12-7-13(16(22)24-4)9-14(19)8-12/h5-10H,19H2,1-4H3,(H,20,21,23). The Balaban J connectivity index is 2.28. The lowest BCUT2D eigenvalue weighted by Gasteiger charge is -2.19. The summed E-state index contributed by atoms with van der Waals surface area (Å²) in [5, 5.41) is 2.58. The predicted molar refractivity (Wildman–Crippen MR) is 95.3 cm³/mol. The number of carbonyl (C=O) groups is 2. The summed E-state index contributed by atoms with van der Waals surface area (Å²) in [6, 6.07) is 8.33. The molecule has 3 N–H and O–H groups in total. The third-order valence-corrected chi connectivity index (χ3v) is 3.10. The fourth-order valence-corrected chi connectivity index (χ4v) is 2.14. The van der Waals surface area contributed by atoms with Crippen molar-refractivity contribution in [1.82, 2.24) is 4.98 Å². The maximum atomic E-state index is 11.9. The zero-order chi connectivity index (χ0) is 18.6. The molecule has 132 valence electrons. The van der Waals surface area contributed by atoms with Crippen LogP contribution in [0.3, 0.4) is 0 Å². The van der Waals surface area contributed by atoms with Crippen molar-refractivity contribution in [3.8, 4) is 11.1 Å². The molecule has 0 fully saturated rings. The molecule has 2 rings (SSSR count). The lowest BCUT2D eigenvalue weighted by atomic mass is 10.0. The number of hydrogen-bond acceptors (Lipinski definition) is 6. The molecule has 0 spiro atoms. The molecule has 7 nitrogen and oxygen atoms in total. The van der Waals surface area contributed by atoms with Gasteiger partial charge in [0, 0.05) is 11.9 Å². The summed E-state index contributed by atoms with van der Waals surface area (Å²) >= 11 is 0. The maximum absolute atomic E-state index is 11.9. The van der Waals surface area contributed by atoms with Gasteiger partial charge in [-0.1, -0.05) is 0 Å². The largest absolute Gasteiger partial charge is 0.465 e. The van der Waals surface area contributed by atoms with Gasteiger partial charge in [-0.05, 0) is 62.2 Å². The van der Waals surface area contributed by atoms with Crippen molar-refractivity contribution in [2.45, 2.75) is 26.4 Å². The van der Waals surface area contributed by atoms with E-state index in [1.165, 1.54) is 13.2 Å². The second-order valence-corrected chi connectivity index (χ2v) is 6.39. The average molecular weight is 343 g/mol. The summed E-state index contributed by atoms with van der Waals surface area (Å²) < 4.78 is 9.92. The van der Waals surface area contributed by atoms with Gasteiger partial charge in [0.1, 0.15) is 11.4 Å². The van der Waals surface area contributed by atoms with Gasteiger partial charge in [-0.3, -0.25) is 5.32 Å². The van der Waals surface area contributed by atoms with E-state index in [0.29, 0.717) is 22.6 Å². The quantitative estimate of drug-likeness (QED) is 0.653. The van der Waals surface area contributed by atoms with Crippen molar-refractivity contribution < 1.29 is 19.1 Å². The van der Waals surface area contributed by atoms with Crippen molar-refractivity contribution in [3.63, 3.8) is 0 Å². The van der Waals surface area contributed by atoms with Crippen LogP contribution >= 0.6 is 0 Å². The van der Waals surface area contributed by atoms with Gasteiger partial charge < -0.3 is 15.2 Å². The van der Waals surface area contributed by atoms with Crippen LogP contribution in [-0.2, 0) is 9.47 Å². The topological polar surface area (TPSA) is 104 Å². The van der Waals surface area contributed by atoms with Crippen molar-refractivity contribution in [2.75, 3.05) is 18.2 Å². The zero-order valence-corrected chi connectivity index (χ0v) is 14.6. The van der Waals surface area contributed by atoms with Crippen LogP contribution in [0.2, 0.25) is 0 Å². The SMILES string of the molecule is COC(=O)c1cc(N)cc(-c2ccnc(NC(=O)OC(C)(C)C)c2)c1. The lowest BCUT2D eigenvalue weighted by Crippen LogP contribution is -2.27. The summed E-state index contributed by atoms with van der Waals surface area (Å²) in [5.74, 6) is -0.150. The number of carbonyl (C=O) groups excluding carboxylic acids is 2. The van der Waals surface area contributed by atoms with Crippen LogP contribution in [0.4, 0.5) is 16.3 Å². The van der Waals surface area contributed by atoms with E-state index in [9.17, 15) is 9.59 Å². The Hall–Kier alpha value is -3.09. The van der Waals surface area contributed by atoms with E-state index in [0.717, 1.165) is 5.56 Å². The van der Waals surface area contributed by atoms with Gasteiger partial charge in [0.25, 0.3) is 0 Å². The molecule has 25 heavy (non-hydrogen) atoms. The second kappa shape index (κ2) is 7.21. The van der Waals surface area contributed by atoms with E-state index in [1.54, 1.807) is 51.2 Å². The van der Waals surface area contributed by atoms with Crippen LogP contribution in [0, 0.1) is 0 Å². The third kappa shape index (κ3) is 5.20. The minimum absolute atomic E-state index is 0.328. The van der Waals surface area contributed by atoms with Crippen molar-refractivity contribution in [3.05, 3.63) is 42.1 Å². The smallest absolute Gasteiger partial charge is 0.413 e. The number of benzene rings is 1. The van der Waals surface area contributed by atoms with Gasteiger partial charge in [-0.25, -0.2) is 14.6 Å². The highest BCUT2D eigenvalue weighted by atomic mass is 16.6. The monoisotopic (exact) mass is 343 g/mol. The Morgan fingerprint density at radius 3 is 2.48 bits per heavy atom. The van der Waals surface area contributed by atoms with Crippen molar-refractivity contribution in [1.29, 1.82) is 0 Å². The van der Waals surface area contributed by atoms with Gasteiger partial charge >= 0.3 is 12.1 Å². The summed E-state index contributed by atoms with van der Waals surface area (Å²) in [6.45, 7) is 5.33. The molecule has 1 aromatic heterocycles. The van der Waals surface area contributed by atoms with Gasteiger partial charge in [0.05, 0.1) is 12.7 Å². The number of ether oxygens (including phenoxy) is 2. The molecule has 0 atom stereocenters. The Morgan fingerprint density at radius 1 is 1.12 bits per heavy atom. The summed E-state index contributed by atoms with van der Waals surface area (Å²) in [5.41, 5.74) is 7.47. The molecule has 2 aromatic rings. The normalized spacial score (nSPS) is 10.9. The predicted octanol–water partition coefficient (Wildman–Crippen LogP) is 3.46. The molecule has 0 bridgehead atoms. The number of aromatic nitrogens is 1. The number of methoxy groups -OCH3 is 1. The molecular weight excluding hydrogens is 322 g/mol. The van der Waals surface area contributed by atoms with Crippen molar-refractivity contribution in [2.24, 2.45) is 0 Å². The van der Waals surface area contributed by atoms with Gasteiger partial charge in [-0.2, -0.15) is 0 Å². The minimum Gasteiger partial charge on any atom is -0.465 e. The highest BCUT2D eigenvalue weighted by molar-refractivity contribution is 5.92. The molecule has 7 heteroatoms. The molecule has 0 aliphatic heterocycles. The number of esters is 1. The van der Waals surface area contributed by atoms with Crippen LogP contribution in [0.15, 0.2) is 36.5 Å². The molecule has 1 amide bonds. The van der Waals surface area contributed by atoms with Crippen molar-refractivity contribution >= 4 is 23.6 Å². The van der Waals surface area contributed by atoms with Crippen LogP contribution in [0.5, 0.6) is 0 Å². The molecule has 0 unspecified atom stereocenters. The molecule has 1 aromatic carbocycles. The first-order valence-electron chi connectivity index (χ1n) is 7.63. The van der Waals surface area contributed by atoms with E-state index in [2.05, 4.69) is 10.3 Å². The zero-order valence-electron chi connectivity index (χ0n) is 14.6. The minimum atomic E-state index is -0.606. The molecule has 0 aliphatic rings. The number of pyridine rings is 1. The number of rotatable bonds is 3. The van der Waals surface area contributed by atoms with E-state index < -0.39 is 17.7 Å². The molecule has 1 heterocycles. The fraction of sp³-hybridized carbons (Fsp3) is 0.278. The molecule has 0 saturated carbocycles. The van der Waals surface area contributed by atoms with E-state index >= 15 is 0 Å². The maximum Gasteiger partial charge on any atom is 0.413 e. The first-order valence-corrected chi connectivity index (χ1v) is 7.63. The number of nitrogen functional groups attached to an aromatic ring is 1. The second-order valence-electron chi connectivity index (χ2n) is 6.39. The van der Waals surface area contributed by atoms with Crippen LogP contribution in [0.1, 0.15) is 31.1 Å². The molecular formula is C18H21N3O4. The average Bonchev–Trinajstić information content (AvgIpc) is 2.51. The van der Waals surface area contributed by atoms with Gasteiger partial charge in [-0.15, -0.1) is 0 Å². The first kappa shape index (κ1) is 18.3. The van der Waals surface area contributed by atoms with E-state index in [1.807, 2.05) is 0 Å². The Bertz CT molecular complexity index is 797. The Morgan fingerprint density at radius 2 is 1.84 bits per heavy atom. The summed E-state index contributed by atoms with van der Waals surface area (Å²) in [6.07, 6.45) is 0.947. The number of hydrogen-bond donors (Lipinski definition) is 2. The van der Waals surface area contributed by atoms with Crippen LogP contribution in [0.25, 0.3) is 11.1 Å². The first-order chi connectivity index (χ1) is 11.7. The van der Waals surface area contributed by atoms with Crippen LogP contribution < -0.4 is 11.1 Å². The van der Waals surface area contributed by atoms with E-state index in [-0.39, 0.29) is 0 Å². The number of nitrogens with one attached hydrogen (secondary N) is 1. The highest BCUT2D eigenvalue weighted by Gasteiger charge is 2.17.